The molecule has 2 rings (SSSR count). The average Bonchev–Trinajstić information content (AvgIpc) is 2.94. The summed E-state index contributed by atoms with van der Waals surface area (Å²) in [4.78, 5) is 35.0. The van der Waals surface area contributed by atoms with Gasteiger partial charge in [0.25, 0.3) is 5.69 Å². The van der Waals surface area contributed by atoms with Crippen LogP contribution in [0.5, 0.6) is 0 Å². The van der Waals surface area contributed by atoms with Gasteiger partial charge in [-0.15, -0.1) is 11.3 Å². The topological polar surface area (TPSA) is 146 Å². The molecule has 1 heterocycles. The molecule has 0 fully saturated rings. The van der Waals surface area contributed by atoms with Crippen LogP contribution in [0.2, 0.25) is 0 Å². The van der Waals surface area contributed by atoms with Gasteiger partial charge in [0.1, 0.15) is 28.1 Å². The van der Waals surface area contributed by atoms with Crippen molar-refractivity contribution >= 4 is 34.0 Å². The van der Waals surface area contributed by atoms with Crippen LogP contribution in [-0.4, -0.2) is 23.5 Å². The molecule has 0 spiro atoms. The molecular weight excluding hydrogens is 374 g/mol. The highest BCUT2D eigenvalue weighted by atomic mass is 32.1. The smallest absolute Gasteiger partial charge is 0.348 e. The maximum Gasteiger partial charge on any atom is 0.348 e. The summed E-state index contributed by atoms with van der Waals surface area (Å²) in [6, 6.07) is 6.13. The highest BCUT2D eigenvalue weighted by Crippen LogP contribution is 2.32. The Labute approximate surface area is 158 Å². The van der Waals surface area contributed by atoms with Gasteiger partial charge in [-0.3, -0.25) is 10.1 Å². The Morgan fingerprint density at radius 2 is 2.04 bits per heavy atom. The van der Waals surface area contributed by atoms with Gasteiger partial charge in [-0.25, -0.2) is 9.59 Å². The van der Waals surface area contributed by atoms with Crippen LogP contribution in [-0.2, 0) is 16.1 Å². The van der Waals surface area contributed by atoms with Crippen LogP contribution < -0.4 is 5.73 Å². The van der Waals surface area contributed by atoms with E-state index >= 15 is 0 Å². The van der Waals surface area contributed by atoms with Gasteiger partial charge in [0.15, 0.2) is 0 Å². The van der Waals surface area contributed by atoms with Gasteiger partial charge in [0.2, 0.25) is 0 Å². The highest BCUT2D eigenvalue weighted by Gasteiger charge is 2.27. The second kappa shape index (κ2) is 8.29. The Morgan fingerprint density at radius 1 is 1.33 bits per heavy atom. The first-order chi connectivity index (χ1) is 12.8. The average molecular weight is 389 g/mol. The van der Waals surface area contributed by atoms with Crippen molar-refractivity contribution in [3.8, 4) is 6.07 Å². The van der Waals surface area contributed by atoms with Gasteiger partial charge >= 0.3 is 11.9 Å². The molecule has 0 aliphatic heterocycles. The molecule has 1 aromatic carbocycles. The molecule has 0 aliphatic carbocycles. The van der Waals surface area contributed by atoms with Gasteiger partial charge in [-0.2, -0.15) is 5.26 Å². The van der Waals surface area contributed by atoms with Gasteiger partial charge < -0.3 is 15.2 Å². The minimum absolute atomic E-state index is 0.00888. The number of hydrogen-bond acceptors (Lipinski definition) is 9. The molecule has 0 saturated heterocycles. The number of aryl methyl sites for hydroxylation is 1. The monoisotopic (exact) mass is 389 g/mol. The molecule has 0 saturated carbocycles. The number of nitrogens with zero attached hydrogens (tertiary/aromatic N) is 2. The second-order valence-corrected chi connectivity index (χ2v) is 6.34. The number of para-hydroxylation sites is 1. The van der Waals surface area contributed by atoms with E-state index in [0.717, 1.165) is 11.3 Å². The van der Waals surface area contributed by atoms with E-state index in [1.165, 1.54) is 25.1 Å². The molecule has 0 bridgehead atoms. The third kappa shape index (κ3) is 4.04. The molecular formula is C17H15N3O6S. The predicted molar refractivity (Wildman–Crippen MR) is 96.4 cm³/mol. The number of ether oxygens (including phenoxy) is 2. The Hall–Kier alpha value is -3.45. The number of benzene rings is 1. The van der Waals surface area contributed by atoms with Crippen molar-refractivity contribution in [3.63, 3.8) is 0 Å². The number of hydrogen-bond donors (Lipinski definition) is 1. The largest absolute Gasteiger partial charge is 0.462 e. The van der Waals surface area contributed by atoms with Crippen molar-refractivity contribution in [2.75, 3.05) is 12.3 Å². The SMILES string of the molecule is CCOC(=O)c1sc(N)c(C#N)c1COC(=O)c1cccc(C)c1[N+](=O)[O-]. The lowest BCUT2D eigenvalue weighted by Gasteiger charge is -2.08. The number of rotatable bonds is 6. The van der Waals surface area contributed by atoms with Crippen LogP contribution in [0.25, 0.3) is 0 Å². The van der Waals surface area contributed by atoms with Gasteiger partial charge in [-0.1, -0.05) is 12.1 Å². The van der Waals surface area contributed by atoms with Crippen molar-refractivity contribution in [1.29, 1.82) is 5.26 Å². The Balaban J connectivity index is 2.34. The fraction of sp³-hybridized carbons (Fsp3) is 0.235. The summed E-state index contributed by atoms with van der Waals surface area (Å²) in [7, 11) is 0. The van der Waals surface area contributed by atoms with Gasteiger partial charge in [-0.05, 0) is 19.9 Å². The summed E-state index contributed by atoms with van der Waals surface area (Å²) >= 11 is 0.853. The number of anilines is 1. The maximum absolute atomic E-state index is 12.4. The quantitative estimate of drug-likeness (QED) is 0.451. The van der Waals surface area contributed by atoms with Crippen LogP contribution in [0.15, 0.2) is 18.2 Å². The third-order valence-electron chi connectivity index (χ3n) is 3.59. The van der Waals surface area contributed by atoms with Crippen LogP contribution >= 0.6 is 11.3 Å². The van der Waals surface area contributed by atoms with E-state index < -0.39 is 23.5 Å². The first-order valence-corrected chi connectivity index (χ1v) is 8.52. The van der Waals surface area contributed by atoms with E-state index in [9.17, 15) is 25.0 Å². The summed E-state index contributed by atoms with van der Waals surface area (Å²) in [5, 5.41) is 20.6. The molecule has 1 aromatic heterocycles. The number of carbonyl (C=O) groups is 2. The zero-order valence-electron chi connectivity index (χ0n) is 14.5. The van der Waals surface area contributed by atoms with Crippen molar-refractivity contribution < 1.29 is 24.0 Å². The van der Waals surface area contributed by atoms with E-state index in [1.54, 1.807) is 6.92 Å². The number of nitro groups is 1. The Morgan fingerprint density at radius 3 is 2.63 bits per heavy atom. The zero-order chi connectivity index (χ0) is 20.1. The first kappa shape index (κ1) is 19.9. The number of thiophene rings is 1. The molecule has 0 radical (unpaired) electrons. The standard InChI is InChI=1S/C17H15N3O6S/c1-3-25-17(22)14-12(11(7-18)15(19)27-14)8-26-16(21)10-6-4-5-9(2)13(10)20(23)24/h4-6H,3,8,19H2,1-2H3. The Kier molecular flexibility index (Phi) is 6.10. The van der Waals surface area contributed by atoms with E-state index in [0.29, 0.717) is 5.56 Å². The number of nitrogens with two attached hydrogens (primary N) is 1. The van der Waals surface area contributed by atoms with Crippen LogP contribution in [0.1, 0.15) is 43.6 Å². The van der Waals surface area contributed by atoms with E-state index in [4.69, 9.17) is 15.2 Å². The van der Waals surface area contributed by atoms with Crippen LogP contribution in [0, 0.1) is 28.4 Å². The lowest BCUT2D eigenvalue weighted by Crippen LogP contribution is -2.12. The summed E-state index contributed by atoms with van der Waals surface area (Å²) in [6.45, 7) is 2.79. The molecule has 0 amide bonds. The zero-order valence-corrected chi connectivity index (χ0v) is 15.3. The number of nitrogen functional groups attached to an aromatic ring is 1. The minimum atomic E-state index is -0.950. The van der Waals surface area contributed by atoms with Crippen molar-refractivity contribution in [1.82, 2.24) is 0 Å². The van der Waals surface area contributed by atoms with Gasteiger partial charge in [0.05, 0.1) is 17.1 Å². The number of esters is 2. The van der Waals surface area contributed by atoms with E-state index in [-0.39, 0.29) is 38.9 Å². The molecule has 0 atom stereocenters. The van der Waals surface area contributed by atoms with Crippen molar-refractivity contribution in [3.05, 3.63) is 55.4 Å². The van der Waals surface area contributed by atoms with E-state index in [1.807, 2.05) is 6.07 Å². The summed E-state index contributed by atoms with van der Waals surface area (Å²) in [5.74, 6) is -1.64. The number of nitriles is 1. The molecule has 27 heavy (non-hydrogen) atoms. The van der Waals surface area contributed by atoms with Crippen molar-refractivity contribution in [2.24, 2.45) is 0 Å². The van der Waals surface area contributed by atoms with Crippen LogP contribution in [0.4, 0.5) is 10.7 Å². The summed E-state index contributed by atoms with van der Waals surface area (Å²) in [5.41, 5.74) is 5.59. The predicted octanol–water partition coefficient (Wildman–Crippen LogP) is 2.95. The molecule has 140 valence electrons. The summed E-state index contributed by atoms with van der Waals surface area (Å²) in [6.07, 6.45) is 0. The lowest BCUT2D eigenvalue weighted by atomic mass is 10.1. The normalized spacial score (nSPS) is 10.1. The molecule has 0 aliphatic rings. The fourth-order valence-corrected chi connectivity index (χ4v) is 3.31. The molecule has 2 N–H and O–H groups in total. The third-order valence-corrected chi connectivity index (χ3v) is 4.64. The lowest BCUT2D eigenvalue weighted by molar-refractivity contribution is -0.385. The molecule has 0 unspecified atom stereocenters. The maximum atomic E-state index is 12.4. The molecule has 10 heteroatoms. The van der Waals surface area contributed by atoms with Gasteiger partial charge in [0, 0.05) is 11.1 Å². The second-order valence-electron chi connectivity index (χ2n) is 5.29. The number of nitro benzene ring substituents is 1. The fourth-order valence-electron chi connectivity index (χ4n) is 2.39. The molecule has 2 aromatic rings. The minimum Gasteiger partial charge on any atom is -0.462 e. The number of carbonyl (C=O) groups excluding carboxylic acids is 2. The first-order valence-electron chi connectivity index (χ1n) is 7.71. The Bertz CT molecular complexity index is 960. The molecule has 9 nitrogen and oxygen atoms in total. The van der Waals surface area contributed by atoms with E-state index in [2.05, 4.69) is 0 Å². The summed E-state index contributed by atoms with van der Waals surface area (Å²) < 4.78 is 10.0. The highest BCUT2D eigenvalue weighted by molar-refractivity contribution is 7.18. The van der Waals surface area contributed by atoms with Crippen molar-refractivity contribution in [2.45, 2.75) is 20.5 Å². The van der Waals surface area contributed by atoms with Crippen LogP contribution in [0.3, 0.4) is 0 Å².